The van der Waals surface area contributed by atoms with Crippen LogP contribution in [0.2, 0.25) is 0 Å². The second-order valence-corrected chi connectivity index (χ2v) is 10.7. The Morgan fingerprint density at radius 2 is 1.72 bits per heavy atom. The van der Waals surface area contributed by atoms with Crippen LogP contribution in [-0.2, 0) is 26.2 Å². The van der Waals surface area contributed by atoms with Gasteiger partial charge in [-0.25, -0.2) is 8.42 Å². The summed E-state index contributed by atoms with van der Waals surface area (Å²) in [6.45, 7) is 0.737. The molecule has 1 unspecified atom stereocenters. The largest absolute Gasteiger partial charge is 0.339 e. The number of likely N-dealkylation sites (tertiary alicyclic amines) is 1. The highest BCUT2D eigenvalue weighted by molar-refractivity contribution is 7.89. The summed E-state index contributed by atoms with van der Waals surface area (Å²) in [5, 5.41) is 2.84. The summed E-state index contributed by atoms with van der Waals surface area (Å²) < 4.78 is 27.0. The van der Waals surface area contributed by atoms with Crippen LogP contribution in [0.5, 0.6) is 0 Å². The smallest absolute Gasteiger partial charge is 0.243 e. The number of benzene rings is 2. The molecule has 0 radical (unpaired) electrons. The van der Waals surface area contributed by atoms with Gasteiger partial charge < -0.3 is 10.2 Å². The molecule has 170 valence electrons. The van der Waals surface area contributed by atoms with Crippen molar-refractivity contribution in [2.24, 2.45) is 5.92 Å². The standard InChI is InChI=1S/C24H29N3O4S/c1-26(16-18-7-3-2-4-8-18)32(30,31)22-13-11-20(12-14-22)25-24(29)19-15-23(28)27(17-19)21-9-5-6-10-21/h2-4,7-8,11-14,19,21H,5-6,9-10,15-17H2,1H3,(H,25,29). The van der Waals surface area contributed by atoms with Gasteiger partial charge in [0.1, 0.15) is 0 Å². The molecule has 8 heteroatoms. The van der Waals surface area contributed by atoms with Gasteiger partial charge in [0.15, 0.2) is 0 Å². The summed E-state index contributed by atoms with van der Waals surface area (Å²) in [6, 6.07) is 15.8. The molecule has 1 aliphatic heterocycles. The van der Waals surface area contributed by atoms with E-state index in [1.54, 1.807) is 19.2 Å². The van der Waals surface area contributed by atoms with Crippen LogP contribution in [0.4, 0.5) is 5.69 Å². The topological polar surface area (TPSA) is 86.8 Å². The number of rotatable bonds is 7. The Kier molecular flexibility index (Phi) is 6.62. The summed E-state index contributed by atoms with van der Waals surface area (Å²) >= 11 is 0. The average molecular weight is 456 g/mol. The van der Waals surface area contributed by atoms with Crippen molar-refractivity contribution in [3.8, 4) is 0 Å². The van der Waals surface area contributed by atoms with Gasteiger partial charge in [-0.05, 0) is 42.7 Å². The number of anilines is 1. The zero-order valence-corrected chi connectivity index (χ0v) is 19.1. The van der Waals surface area contributed by atoms with Crippen LogP contribution in [0.15, 0.2) is 59.5 Å². The lowest BCUT2D eigenvalue weighted by molar-refractivity contribution is -0.129. The molecule has 0 bridgehead atoms. The molecule has 4 rings (SSSR count). The van der Waals surface area contributed by atoms with E-state index in [0.717, 1.165) is 31.2 Å². The first-order valence-electron chi connectivity index (χ1n) is 11.1. The van der Waals surface area contributed by atoms with Gasteiger partial charge in [0.2, 0.25) is 21.8 Å². The molecule has 1 saturated heterocycles. The Morgan fingerprint density at radius 3 is 2.38 bits per heavy atom. The first-order chi connectivity index (χ1) is 15.3. The molecule has 2 aliphatic rings. The van der Waals surface area contributed by atoms with Crippen molar-refractivity contribution >= 4 is 27.5 Å². The zero-order chi connectivity index (χ0) is 22.7. The quantitative estimate of drug-likeness (QED) is 0.694. The Hall–Kier alpha value is -2.71. The molecule has 1 saturated carbocycles. The normalized spacial score (nSPS) is 19.6. The van der Waals surface area contributed by atoms with Gasteiger partial charge in [0, 0.05) is 38.3 Å². The Labute approximate surface area is 189 Å². The maximum absolute atomic E-state index is 12.9. The molecule has 0 spiro atoms. The van der Waals surface area contributed by atoms with E-state index < -0.39 is 10.0 Å². The van der Waals surface area contributed by atoms with Crippen LogP contribution in [0.1, 0.15) is 37.7 Å². The molecule has 7 nitrogen and oxygen atoms in total. The molecule has 1 heterocycles. The van der Waals surface area contributed by atoms with Crippen LogP contribution in [0.3, 0.4) is 0 Å². The summed E-state index contributed by atoms with van der Waals surface area (Å²) in [4.78, 5) is 27.1. The van der Waals surface area contributed by atoms with Crippen molar-refractivity contribution in [1.82, 2.24) is 9.21 Å². The fourth-order valence-corrected chi connectivity index (χ4v) is 5.70. The minimum atomic E-state index is -3.65. The van der Waals surface area contributed by atoms with Crippen LogP contribution in [0, 0.1) is 5.92 Å². The second-order valence-electron chi connectivity index (χ2n) is 8.65. The zero-order valence-electron chi connectivity index (χ0n) is 18.2. The molecule has 2 aromatic carbocycles. The van der Waals surface area contributed by atoms with E-state index in [1.807, 2.05) is 35.2 Å². The molecule has 2 fully saturated rings. The number of carbonyl (C=O) groups excluding carboxylic acids is 2. The van der Waals surface area contributed by atoms with Gasteiger partial charge in [-0.3, -0.25) is 9.59 Å². The van der Waals surface area contributed by atoms with E-state index >= 15 is 0 Å². The Balaban J connectivity index is 1.37. The number of hydrogen-bond acceptors (Lipinski definition) is 4. The van der Waals surface area contributed by atoms with Gasteiger partial charge >= 0.3 is 0 Å². The van der Waals surface area contributed by atoms with Gasteiger partial charge in [0.05, 0.1) is 10.8 Å². The minimum Gasteiger partial charge on any atom is -0.339 e. The third-order valence-corrected chi connectivity index (χ3v) is 8.19. The maximum atomic E-state index is 12.9. The lowest BCUT2D eigenvalue weighted by Gasteiger charge is -2.23. The molecule has 2 aromatic rings. The highest BCUT2D eigenvalue weighted by Gasteiger charge is 2.38. The monoisotopic (exact) mass is 455 g/mol. The predicted molar refractivity (Wildman–Crippen MR) is 122 cm³/mol. The molecule has 0 aromatic heterocycles. The predicted octanol–water partition coefficient (Wildman–Crippen LogP) is 3.24. The Morgan fingerprint density at radius 1 is 1.06 bits per heavy atom. The minimum absolute atomic E-state index is 0.0555. The van der Waals surface area contributed by atoms with E-state index in [0.29, 0.717) is 12.2 Å². The fourth-order valence-electron chi connectivity index (χ4n) is 4.54. The number of hydrogen-bond donors (Lipinski definition) is 1. The molecule has 2 amide bonds. The molecular weight excluding hydrogens is 426 g/mol. The SMILES string of the molecule is CN(Cc1ccccc1)S(=O)(=O)c1ccc(NC(=O)C2CC(=O)N(C3CCCC3)C2)cc1. The van der Waals surface area contributed by atoms with Gasteiger partial charge in [-0.15, -0.1) is 0 Å². The van der Waals surface area contributed by atoms with Gasteiger partial charge in [-0.1, -0.05) is 43.2 Å². The lowest BCUT2D eigenvalue weighted by Crippen LogP contribution is -2.35. The lowest BCUT2D eigenvalue weighted by atomic mass is 10.1. The maximum Gasteiger partial charge on any atom is 0.243 e. The van der Waals surface area contributed by atoms with E-state index in [2.05, 4.69) is 5.32 Å². The number of carbonyl (C=O) groups is 2. The molecular formula is C24H29N3O4S. The number of sulfonamides is 1. The first-order valence-corrected chi connectivity index (χ1v) is 12.5. The number of nitrogens with zero attached hydrogens (tertiary/aromatic N) is 2. The van der Waals surface area contributed by atoms with E-state index in [-0.39, 0.29) is 41.6 Å². The summed E-state index contributed by atoms with van der Waals surface area (Å²) in [5.41, 5.74) is 1.42. The fraction of sp³-hybridized carbons (Fsp3) is 0.417. The van der Waals surface area contributed by atoms with Crippen molar-refractivity contribution in [2.45, 2.75) is 49.6 Å². The van der Waals surface area contributed by atoms with E-state index in [9.17, 15) is 18.0 Å². The van der Waals surface area contributed by atoms with Gasteiger partial charge in [0.25, 0.3) is 0 Å². The summed E-state index contributed by atoms with van der Waals surface area (Å²) in [7, 11) is -2.11. The summed E-state index contributed by atoms with van der Waals surface area (Å²) in [5.74, 6) is -0.515. The van der Waals surface area contributed by atoms with Crippen LogP contribution < -0.4 is 5.32 Å². The van der Waals surface area contributed by atoms with Crippen molar-refractivity contribution < 1.29 is 18.0 Å². The van der Waals surface area contributed by atoms with Gasteiger partial charge in [-0.2, -0.15) is 4.31 Å². The van der Waals surface area contributed by atoms with Crippen molar-refractivity contribution in [3.05, 3.63) is 60.2 Å². The molecule has 1 aliphatic carbocycles. The van der Waals surface area contributed by atoms with Crippen LogP contribution in [0.25, 0.3) is 0 Å². The van der Waals surface area contributed by atoms with Crippen LogP contribution in [-0.4, -0.2) is 49.1 Å². The third kappa shape index (κ3) is 4.86. The molecule has 32 heavy (non-hydrogen) atoms. The molecule has 1 N–H and O–H groups in total. The third-order valence-electron chi connectivity index (χ3n) is 6.37. The molecule has 1 atom stereocenters. The first kappa shape index (κ1) is 22.5. The number of amides is 2. The Bertz CT molecular complexity index is 1060. The van der Waals surface area contributed by atoms with E-state index in [4.69, 9.17) is 0 Å². The van der Waals surface area contributed by atoms with Crippen LogP contribution >= 0.6 is 0 Å². The second kappa shape index (κ2) is 9.42. The number of nitrogens with one attached hydrogen (secondary N) is 1. The van der Waals surface area contributed by atoms with Crippen molar-refractivity contribution in [2.75, 3.05) is 18.9 Å². The van der Waals surface area contributed by atoms with Crippen molar-refractivity contribution in [1.29, 1.82) is 0 Å². The average Bonchev–Trinajstić information content (AvgIpc) is 3.44. The van der Waals surface area contributed by atoms with Crippen molar-refractivity contribution in [3.63, 3.8) is 0 Å². The highest BCUT2D eigenvalue weighted by atomic mass is 32.2. The highest BCUT2D eigenvalue weighted by Crippen LogP contribution is 2.30. The van der Waals surface area contributed by atoms with E-state index in [1.165, 1.54) is 16.4 Å². The summed E-state index contributed by atoms with van der Waals surface area (Å²) in [6.07, 6.45) is 4.56.